The maximum absolute atomic E-state index is 14.4. The minimum atomic E-state index is -2.20. The summed E-state index contributed by atoms with van der Waals surface area (Å²) >= 11 is 0. The highest BCUT2D eigenvalue weighted by Gasteiger charge is 2.56. The largest absolute Gasteiger partial charge is 0.402 e. The van der Waals surface area contributed by atoms with Crippen LogP contribution >= 0.6 is 10.3 Å². The van der Waals surface area contributed by atoms with Gasteiger partial charge in [0.05, 0.1) is 5.41 Å². The molecule has 4 aliphatic carbocycles. The van der Waals surface area contributed by atoms with E-state index in [1.165, 1.54) is 24.8 Å². The van der Waals surface area contributed by atoms with Crippen LogP contribution in [0.25, 0.3) is 0 Å². The zero-order valence-electron chi connectivity index (χ0n) is 20.0. The highest BCUT2D eigenvalue weighted by molar-refractivity contribution is 8.30. The fourth-order valence-corrected chi connectivity index (χ4v) is 10.4. The Kier molecular flexibility index (Phi) is 5.56. The van der Waals surface area contributed by atoms with Crippen LogP contribution in [0.2, 0.25) is 0 Å². The predicted octanol–water partition coefficient (Wildman–Crippen LogP) is 8.21. The number of rotatable bonds is 6. The quantitative estimate of drug-likeness (QED) is 0.363. The monoisotopic (exact) mass is 470 g/mol. The fraction of sp³-hybridized carbons (Fsp3) is 0.387. The van der Waals surface area contributed by atoms with Crippen molar-refractivity contribution in [1.29, 1.82) is 0 Å². The molecule has 7 rings (SSSR count). The third-order valence-corrected chi connectivity index (χ3v) is 11.7. The van der Waals surface area contributed by atoms with Crippen molar-refractivity contribution in [2.75, 3.05) is 0 Å². The summed E-state index contributed by atoms with van der Waals surface area (Å²) in [4.78, 5) is 17.6. The van der Waals surface area contributed by atoms with Crippen LogP contribution in [0, 0.1) is 23.2 Å². The van der Waals surface area contributed by atoms with Gasteiger partial charge in [0, 0.05) is 14.7 Å². The molecule has 0 unspecified atom stereocenters. The van der Waals surface area contributed by atoms with Gasteiger partial charge in [0.2, 0.25) is 0 Å². The van der Waals surface area contributed by atoms with Crippen LogP contribution in [0.4, 0.5) is 0 Å². The molecule has 0 aromatic heterocycles. The molecule has 0 saturated heterocycles. The Hall–Kier alpha value is -2.52. The minimum Gasteiger partial charge on any atom is -0.402 e. The van der Waals surface area contributed by atoms with Gasteiger partial charge in [0.25, 0.3) is 0 Å². The number of hydrogen-bond acceptors (Lipinski definition) is 2. The molecule has 0 heterocycles. The second kappa shape index (κ2) is 8.61. The second-order valence-corrected chi connectivity index (χ2v) is 13.4. The molecule has 0 aliphatic heterocycles. The zero-order valence-corrected chi connectivity index (χ0v) is 20.8. The van der Waals surface area contributed by atoms with Crippen LogP contribution < -0.4 is 0 Å². The highest BCUT2D eigenvalue weighted by atomic mass is 32.3. The van der Waals surface area contributed by atoms with Crippen molar-refractivity contribution in [1.82, 2.24) is 0 Å². The number of hydrogen-bond donors (Lipinski definition) is 0. The van der Waals surface area contributed by atoms with E-state index >= 15 is 0 Å². The molecule has 3 aromatic rings. The molecule has 4 fully saturated rings. The van der Waals surface area contributed by atoms with Crippen LogP contribution in [0.3, 0.4) is 0 Å². The Balaban J connectivity index is 1.49. The van der Waals surface area contributed by atoms with E-state index in [1.54, 1.807) is 0 Å². The maximum Gasteiger partial charge on any atom is 0.323 e. The van der Waals surface area contributed by atoms with Gasteiger partial charge in [-0.25, -0.2) is 0 Å². The minimum absolute atomic E-state index is 0.0499. The van der Waals surface area contributed by atoms with Crippen molar-refractivity contribution in [3.8, 4) is 0 Å². The molecule has 0 spiro atoms. The summed E-state index contributed by atoms with van der Waals surface area (Å²) in [5.41, 5.74) is 1.01. The topological polar surface area (TPSA) is 26.3 Å². The molecule has 176 valence electrons. The third-order valence-electron chi connectivity index (χ3n) is 8.49. The van der Waals surface area contributed by atoms with E-state index in [-0.39, 0.29) is 11.4 Å². The zero-order chi connectivity index (χ0) is 23.2. The molecule has 3 aromatic carbocycles. The second-order valence-electron chi connectivity index (χ2n) is 10.7. The Morgan fingerprint density at radius 3 is 1.62 bits per heavy atom. The van der Waals surface area contributed by atoms with Gasteiger partial charge < -0.3 is 4.18 Å². The average molecular weight is 471 g/mol. The fourth-order valence-electron chi connectivity index (χ4n) is 7.26. The molecule has 34 heavy (non-hydrogen) atoms. The first-order valence-electron chi connectivity index (χ1n) is 12.9. The molecule has 3 heteroatoms. The summed E-state index contributed by atoms with van der Waals surface area (Å²) in [7, 11) is -2.20. The Morgan fingerprint density at radius 1 is 0.735 bits per heavy atom. The van der Waals surface area contributed by atoms with Crippen molar-refractivity contribution in [2.45, 2.75) is 66.6 Å². The summed E-state index contributed by atoms with van der Waals surface area (Å²) < 4.78 is 7.00. The van der Waals surface area contributed by atoms with E-state index < -0.39 is 10.3 Å². The normalized spacial score (nSPS) is 28.0. The van der Waals surface area contributed by atoms with Gasteiger partial charge in [0.15, 0.2) is 0 Å². The van der Waals surface area contributed by atoms with Gasteiger partial charge in [-0.2, -0.15) is 0 Å². The first-order valence-corrected chi connectivity index (χ1v) is 14.4. The molecule has 0 atom stereocenters. The molecule has 4 bridgehead atoms. The third kappa shape index (κ3) is 3.60. The van der Waals surface area contributed by atoms with Crippen LogP contribution in [0.15, 0.2) is 99.6 Å². The lowest BCUT2D eigenvalue weighted by Gasteiger charge is -2.56. The summed E-state index contributed by atoms with van der Waals surface area (Å²) in [6.45, 7) is 2.18. The summed E-state index contributed by atoms with van der Waals surface area (Å²) in [5.74, 6) is 2.18. The Bertz CT molecular complexity index is 1080. The van der Waals surface area contributed by atoms with Gasteiger partial charge in [-0.05, 0) is 115 Å². The van der Waals surface area contributed by atoms with E-state index in [9.17, 15) is 4.79 Å². The molecular formula is C31H34O2S. The van der Waals surface area contributed by atoms with Gasteiger partial charge in [-0.1, -0.05) is 55.5 Å². The molecule has 2 nitrogen and oxygen atoms in total. The number of benzene rings is 3. The molecule has 0 amide bonds. The molecule has 4 aliphatic rings. The van der Waals surface area contributed by atoms with E-state index in [0.717, 1.165) is 40.4 Å². The number of aryl methyl sites for hydroxylation is 1. The summed E-state index contributed by atoms with van der Waals surface area (Å²) in [6.07, 6.45) is 8.01. The van der Waals surface area contributed by atoms with E-state index in [0.29, 0.717) is 17.8 Å². The Morgan fingerprint density at radius 2 is 1.18 bits per heavy atom. The van der Waals surface area contributed by atoms with Crippen LogP contribution in [0.1, 0.15) is 51.0 Å². The Labute approximate surface area is 205 Å². The van der Waals surface area contributed by atoms with E-state index in [1.807, 2.05) is 12.1 Å². The van der Waals surface area contributed by atoms with E-state index in [2.05, 4.69) is 79.7 Å². The number of carbonyl (C=O) groups excluding carboxylic acids is 1. The van der Waals surface area contributed by atoms with Gasteiger partial charge in [-0.3, -0.25) is 4.79 Å². The maximum atomic E-state index is 14.4. The van der Waals surface area contributed by atoms with Gasteiger partial charge >= 0.3 is 5.97 Å². The standard InChI is InChI=1S/C31H34O2S/c1-2-23-13-15-29(16-14-23)34(27-9-5-3-6-10-27,28-11-7-4-8-12-28)33-30(32)31-20-24-17-25(21-31)19-26(18-24)22-31/h3-16,24-26H,2,17-22H2,1H3. The van der Waals surface area contributed by atoms with Crippen LogP contribution in [-0.4, -0.2) is 5.97 Å². The first kappa shape index (κ1) is 22.0. The summed E-state index contributed by atoms with van der Waals surface area (Å²) in [6, 6.07) is 29.7. The van der Waals surface area contributed by atoms with Gasteiger partial charge in [-0.15, -0.1) is 0 Å². The lowest BCUT2D eigenvalue weighted by Crippen LogP contribution is -2.50. The van der Waals surface area contributed by atoms with Crippen molar-refractivity contribution in [3.63, 3.8) is 0 Å². The average Bonchev–Trinajstić information content (AvgIpc) is 2.87. The van der Waals surface area contributed by atoms with Crippen LogP contribution in [0.5, 0.6) is 0 Å². The molecule has 0 N–H and O–H groups in total. The first-order chi connectivity index (χ1) is 16.6. The number of carbonyl (C=O) groups is 1. The SMILES string of the molecule is CCc1ccc(S(OC(=O)C23CC4CC(CC(C4)C2)C3)(c2ccccc2)c2ccccc2)cc1. The van der Waals surface area contributed by atoms with Gasteiger partial charge in [0.1, 0.15) is 0 Å². The predicted molar refractivity (Wildman–Crippen MR) is 138 cm³/mol. The van der Waals surface area contributed by atoms with Crippen molar-refractivity contribution >= 4 is 16.3 Å². The molecule has 0 radical (unpaired) electrons. The van der Waals surface area contributed by atoms with Crippen LogP contribution in [-0.2, 0) is 15.4 Å². The van der Waals surface area contributed by atoms with Crippen molar-refractivity contribution in [2.24, 2.45) is 23.2 Å². The highest BCUT2D eigenvalue weighted by Crippen LogP contribution is 2.71. The van der Waals surface area contributed by atoms with Crippen molar-refractivity contribution in [3.05, 3.63) is 90.5 Å². The van der Waals surface area contributed by atoms with E-state index in [4.69, 9.17) is 4.18 Å². The lowest BCUT2D eigenvalue weighted by atomic mass is 9.49. The summed E-state index contributed by atoms with van der Waals surface area (Å²) in [5, 5.41) is 0. The molecule has 4 saturated carbocycles. The smallest absolute Gasteiger partial charge is 0.323 e. The molecular weight excluding hydrogens is 436 g/mol. The lowest BCUT2D eigenvalue weighted by molar-refractivity contribution is -0.160. The van der Waals surface area contributed by atoms with Crippen molar-refractivity contribution < 1.29 is 8.98 Å².